The quantitative estimate of drug-likeness (QED) is 0.736. The second-order valence-electron chi connectivity index (χ2n) is 10.6. The number of aliphatic hydroxyl groups excluding tert-OH is 1. The fraction of sp³-hybridized carbons (Fsp3) is 0.913. The maximum absolute atomic E-state index is 13.5. The van der Waals surface area contributed by atoms with E-state index in [0.29, 0.717) is 30.0 Å². The number of rotatable bonds is 2. The summed E-state index contributed by atoms with van der Waals surface area (Å²) in [5.74, 6) is 2.23. The highest BCUT2D eigenvalue weighted by molar-refractivity contribution is 5.84. The van der Waals surface area contributed by atoms with Crippen LogP contribution in [-0.4, -0.2) is 29.1 Å². The second-order valence-corrected chi connectivity index (χ2v) is 10.6. The van der Waals surface area contributed by atoms with Crippen LogP contribution >= 0.6 is 0 Å². The van der Waals surface area contributed by atoms with E-state index >= 15 is 0 Å². The summed E-state index contributed by atoms with van der Waals surface area (Å²) >= 11 is 0. The van der Waals surface area contributed by atoms with Crippen molar-refractivity contribution in [2.24, 2.45) is 40.4 Å². The predicted octanol–water partition coefficient (Wildman–Crippen LogP) is 4.14. The summed E-state index contributed by atoms with van der Waals surface area (Å²) in [6, 6.07) is 0. The Morgan fingerprint density at radius 2 is 1.89 bits per heavy atom. The minimum atomic E-state index is -0.324. The van der Waals surface area contributed by atoms with Gasteiger partial charge in [-0.25, -0.2) is 0 Å². The molecule has 4 aliphatic carbocycles. The number of carbonyl (C=O) groups is 2. The Bertz CT molecular complexity index is 628. The molecule has 4 nitrogen and oxygen atoms in total. The molecule has 0 amide bonds. The maximum Gasteiger partial charge on any atom is 0.302 e. The first-order valence-electron chi connectivity index (χ1n) is 11.0. The van der Waals surface area contributed by atoms with Crippen LogP contribution in [0.5, 0.6) is 0 Å². The molecule has 0 aliphatic heterocycles. The molecule has 0 aromatic rings. The first-order chi connectivity index (χ1) is 12.7. The molecule has 0 heterocycles. The Labute approximate surface area is 163 Å². The molecule has 0 aromatic carbocycles. The Balaban J connectivity index is 1.59. The molecule has 0 aromatic heterocycles. The van der Waals surface area contributed by atoms with Gasteiger partial charge in [0, 0.05) is 19.3 Å². The Kier molecular flexibility index (Phi) is 4.73. The zero-order valence-corrected chi connectivity index (χ0v) is 17.4. The standard InChI is InChI=1S/C23H36O4/c1-13(24)18-7-8-19-17-6-5-15-11-16(27-14(2)25)9-10-22(15,3)21(17)20(26)12-23(18,19)4/h13,15-19,21,24H,5-12H2,1-4H3/t13-,15+,16+,17-,18+,19-,21+,22-,23+/m0/s1. The lowest BCUT2D eigenvalue weighted by Crippen LogP contribution is -2.58. The van der Waals surface area contributed by atoms with E-state index in [-0.39, 0.29) is 40.8 Å². The molecule has 0 bridgehead atoms. The molecule has 27 heavy (non-hydrogen) atoms. The first kappa shape index (κ1) is 19.4. The molecule has 1 N–H and O–H groups in total. The lowest BCUT2D eigenvalue weighted by molar-refractivity contribution is -0.170. The van der Waals surface area contributed by atoms with Crippen LogP contribution in [0.4, 0.5) is 0 Å². The van der Waals surface area contributed by atoms with Gasteiger partial charge in [0.1, 0.15) is 11.9 Å². The minimum Gasteiger partial charge on any atom is -0.463 e. The molecule has 4 aliphatic rings. The van der Waals surface area contributed by atoms with Crippen LogP contribution in [0.15, 0.2) is 0 Å². The number of fused-ring (bicyclic) bond motifs is 5. The third kappa shape index (κ3) is 2.89. The summed E-state index contributed by atoms with van der Waals surface area (Å²) in [4.78, 5) is 24.9. The SMILES string of the molecule is CC(=O)O[C@@H]1CC[C@@]2(C)[C@H](CC[C@H]3[C@@H]4CC[C@H]([C@H](C)O)[C@@]4(C)CC(=O)[C@@H]32)C1. The average molecular weight is 377 g/mol. The molecule has 4 fully saturated rings. The number of esters is 1. The van der Waals surface area contributed by atoms with Gasteiger partial charge in [-0.3, -0.25) is 9.59 Å². The molecular formula is C23H36O4. The number of ketones is 1. The number of aliphatic hydroxyl groups is 1. The van der Waals surface area contributed by atoms with Crippen molar-refractivity contribution in [1.82, 2.24) is 0 Å². The van der Waals surface area contributed by atoms with Gasteiger partial charge in [0.25, 0.3) is 0 Å². The van der Waals surface area contributed by atoms with Crippen LogP contribution in [0.1, 0.15) is 79.1 Å². The van der Waals surface area contributed by atoms with Gasteiger partial charge < -0.3 is 9.84 Å². The van der Waals surface area contributed by atoms with Gasteiger partial charge in [0.05, 0.1) is 6.10 Å². The molecule has 0 spiro atoms. The normalized spacial score (nSPS) is 50.3. The summed E-state index contributed by atoms with van der Waals surface area (Å²) in [5, 5.41) is 10.3. The van der Waals surface area contributed by atoms with E-state index in [0.717, 1.165) is 44.9 Å². The zero-order valence-electron chi connectivity index (χ0n) is 17.4. The smallest absolute Gasteiger partial charge is 0.302 e. The highest BCUT2D eigenvalue weighted by Crippen LogP contribution is 2.66. The van der Waals surface area contributed by atoms with E-state index in [1.54, 1.807) is 0 Å². The number of carbonyl (C=O) groups excluding carboxylic acids is 2. The van der Waals surface area contributed by atoms with Gasteiger partial charge in [0.2, 0.25) is 0 Å². The Morgan fingerprint density at radius 3 is 2.56 bits per heavy atom. The summed E-state index contributed by atoms with van der Waals surface area (Å²) in [6.07, 6.45) is 7.65. The molecule has 9 atom stereocenters. The second kappa shape index (κ2) is 6.57. The summed E-state index contributed by atoms with van der Waals surface area (Å²) in [5.41, 5.74) is 0.0332. The van der Waals surface area contributed by atoms with E-state index in [1.165, 1.54) is 6.92 Å². The van der Waals surface area contributed by atoms with Crippen molar-refractivity contribution in [3.63, 3.8) is 0 Å². The summed E-state index contributed by atoms with van der Waals surface area (Å²) in [6.45, 7) is 8.03. The summed E-state index contributed by atoms with van der Waals surface area (Å²) in [7, 11) is 0. The van der Waals surface area contributed by atoms with Crippen molar-refractivity contribution in [2.75, 3.05) is 0 Å². The highest BCUT2D eigenvalue weighted by atomic mass is 16.5. The molecule has 0 radical (unpaired) electrons. The van der Waals surface area contributed by atoms with Crippen LogP contribution in [0, 0.1) is 40.4 Å². The van der Waals surface area contributed by atoms with Crippen molar-refractivity contribution in [2.45, 2.75) is 91.3 Å². The highest BCUT2D eigenvalue weighted by Gasteiger charge is 2.63. The van der Waals surface area contributed by atoms with Gasteiger partial charge in [-0.1, -0.05) is 13.8 Å². The molecule has 152 valence electrons. The van der Waals surface area contributed by atoms with Crippen LogP contribution < -0.4 is 0 Å². The van der Waals surface area contributed by atoms with E-state index in [9.17, 15) is 14.7 Å². The third-order valence-electron chi connectivity index (χ3n) is 9.29. The molecule has 0 unspecified atom stereocenters. The maximum atomic E-state index is 13.5. The molecule has 4 heteroatoms. The minimum absolute atomic E-state index is 0.0233. The third-order valence-corrected chi connectivity index (χ3v) is 9.29. The van der Waals surface area contributed by atoms with E-state index < -0.39 is 0 Å². The topological polar surface area (TPSA) is 63.6 Å². The predicted molar refractivity (Wildman–Crippen MR) is 103 cm³/mol. The molecule has 4 rings (SSSR count). The van der Waals surface area contributed by atoms with Gasteiger partial charge in [-0.05, 0) is 86.4 Å². The molecule has 4 saturated carbocycles. The van der Waals surface area contributed by atoms with Crippen molar-refractivity contribution >= 4 is 11.8 Å². The first-order valence-corrected chi connectivity index (χ1v) is 11.0. The van der Waals surface area contributed by atoms with Crippen molar-refractivity contribution < 1.29 is 19.4 Å². The Hall–Kier alpha value is -0.900. The van der Waals surface area contributed by atoms with Crippen LogP contribution in [0.3, 0.4) is 0 Å². The molecular weight excluding hydrogens is 340 g/mol. The number of ether oxygens (including phenoxy) is 1. The van der Waals surface area contributed by atoms with Crippen LogP contribution in [0.25, 0.3) is 0 Å². The number of hydrogen-bond donors (Lipinski definition) is 1. The van der Waals surface area contributed by atoms with Gasteiger partial charge in [0.15, 0.2) is 0 Å². The number of hydrogen-bond acceptors (Lipinski definition) is 4. The van der Waals surface area contributed by atoms with Gasteiger partial charge in [-0.2, -0.15) is 0 Å². The van der Waals surface area contributed by atoms with E-state index in [4.69, 9.17) is 4.74 Å². The lowest BCUT2D eigenvalue weighted by Gasteiger charge is -2.60. The summed E-state index contributed by atoms with van der Waals surface area (Å²) < 4.78 is 5.52. The van der Waals surface area contributed by atoms with E-state index in [2.05, 4.69) is 13.8 Å². The van der Waals surface area contributed by atoms with Crippen molar-refractivity contribution in [3.8, 4) is 0 Å². The average Bonchev–Trinajstić information content (AvgIpc) is 2.91. The van der Waals surface area contributed by atoms with Crippen LogP contribution in [-0.2, 0) is 14.3 Å². The lowest BCUT2D eigenvalue weighted by atomic mass is 9.44. The Morgan fingerprint density at radius 1 is 1.15 bits per heavy atom. The fourth-order valence-electron chi connectivity index (χ4n) is 8.21. The van der Waals surface area contributed by atoms with Gasteiger partial charge >= 0.3 is 5.97 Å². The van der Waals surface area contributed by atoms with Gasteiger partial charge in [-0.15, -0.1) is 0 Å². The van der Waals surface area contributed by atoms with Crippen molar-refractivity contribution in [1.29, 1.82) is 0 Å². The monoisotopic (exact) mass is 376 g/mol. The molecule has 0 saturated heterocycles. The van der Waals surface area contributed by atoms with Crippen LogP contribution in [0.2, 0.25) is 0 Å². The number of Topliss-reactive ketones (excluding diaryl/α,β-unsaturated/α-hetero) is 1. The van der Waals surface area contributed by atoms with E-state index in [1.807, 2.05) is 6.92 Å². The largest absolute Gasteiger partial charge is 0.463 e. The fourth-order valence-corrected chi connectivity index (χ4v) is 8.21. The zero-order chi connectivity index (χ0) is 19.6. The van der Waals surface area contributed by atoms with Crippen molar-refractivity contribution in [3.05, 3.63) is 0 Å².